The standard InChI is InChI=1S/C10H8Cl2F2O/c1-15-7-4-2-3-6(5-7)8-9(11,12)10(8,13)14/h2-5,8H,1H3. The summed E-state index contributed by atoms with van der Waals surface area (Å²) in [7, 11) is 1.47. The second-order valence-corrected chi connectivity index (χ2v) is 4.84. The van der Waals surface area contributed by atoms with Crippen LogP contribution in [0.25, 0.3) is 0 Å². The molecule has 1 unspecified atom stereocenters. The lowest BCUT2D eigenvalue weighted by Gasteiger charge is -2.02. The van der Waals surface area contributed by atoms with Crippen molar-refractivity contribution in [3.05, 3.63) is 29.8 Å². The molecule has 0 N–H and O–H groups in total. The molecule has 1 nitrogen and oxygen atoms in total. The number of benzene rings is 1. The highest BCUT2D eigenvalue weighted by Gasteiger charge is 2.80. The number of hydrogen-bond donors (Lipinski definition) is 0. The summed E-state index contributed by atoms with van der Waals surface area (Å²) in [6.45, 7) is 0. The minimum Gasteiger partial charge on any atom is -0.497 e. The molecule has 1 aliphatic carbocycles. The van der Waals surface area contributed by atoms with E-state index in [1.165, 1.54) is 13.2 Å². The first kappa shape index (κ1) is 11.0. The quantitative estimate of drug-likeness (QED) is 0.731. The predicted octanol–water partition coefficient (Wildman–Crippen LogP) is 3.60. The molecule has 1 saturated carbocycles. The molecule has 0 spiro atoms. The van der Waals surface area contributed by atoms with Gasteiger partial charge in [0.25, 0.3) is 5.92 Å². The van der Waals surface area contributed by atoms with Gasteiger partial charge < -0.3 is 4.74 Å². The number of rotatable bonds is 2. The number of ether oxygens (including phenoxy) is 1. The molecule has 5 heteroatoms. The summed E-state index contributed by atoms with van der Waals surface area (Å²) >= 11 is 11.0. The molecule has 1 aliphatic rings. The van der Waals surface area contributed by atoms with Crippen LogP contribution in [0.3, 0.4) is 0 Å². The fourth-order valence-corrected chi connectivity index (χ4v) is 2.22. The fourth-order valence-electron chi connectivity index (χ4n) is 1.58. The van der Waals surface area contributed by atoms with Gasteiger partial charge in [0.15, 0.2) is 4.33 Å². The molecule has 0 bridgehead atoms. The Kier molecular flexibility index (Phi) is 2.36. The van der Waals surface area contributed by atoms with Gasteiger partial charge in [-0.05, 0) is 17.7 Å². The summed E-state index contributed by atoms with van der Waals surface area (Å²) in [5.74, 6) is -3.70. The lowest BCUT2D eigenvalue weighted by Crippen LogP contribution is -1.99. The topological polar surface area (TPSA) is 9.23 Å². The first-order chi connectivity index (χ1) is 6.91. The number of halogens is 4. The van der Waals surface area contributed by atoms with Crippen molar-refractivity contribution >= 4 is 23.2 Å². The molecule has 0 saturated heterocycles. The van der Waals surface area contributed by atoms with E-state index in [0.29, 0.717) is 11.3 Å². The largest absolute Gasteiger partial charge is 0.497 e. The van der Waals surface area contributed by atoms with E-state index in [9.17, 15) is 8.78 Å². The van der Waals surface area contributed by atoms with Gasteiger partial charge in [-0.25, -0.2) is 8.78 Å². The van der Waals surface area contributed by atoms with E-state index >= 15 is 0 Å². The zero-order chi connectivity index (χ0) is 11.3. The summed E-state index contributed by atoms with van der Waals surface area (Å²) in [6, 6.07) is 6.39. The first-order valence-electron chi connectivity index (χ1n) is 4.31. The smallest absolute Gasteiger partial charge is 0.291 e. The molecule has 1 atom stereocenters. The third kappa shape index (κ3) is 1.49. The minimum atomic E-state index is -3.07. The first-order valence-corrected chi connectivity index (χ1v) is 5.06. The van der Waals surface area contributed by atoms with Crippen LogP contribution >= 0.6 is 23.2 Å². The van der Waals surface area contributed by atoms with E-state index in [1.807, 2.05) is 0 Å². The highest BCUT2D eigenvalue weighted by Crippen LogP contribution is 2.71. The van der Waals surface area contributed by atoms with Crippen LogP contribution in [0, 0.1) is 0 Å². The molecule has 82 valence electrons. The van der Waals surface area contributed by atoms with Crippen LogP contribution in [0.4, 0.5) is 8.78 Å². The second-order valence-electron chi connectivity index (χ2n) is 3.46. The van der Waals surface area contributed by atoms with Crippen molar-refractivity contribution in [3.8, 4) is 5.75 Å². The van der Waals surface area contributed by atoms with Gasteiger partial charge in [-0.15, -0.1) is 0 Å². The average molecular weight is 253 g/mol. The molecule has 0 heterocycles. The Morgan fingerprint density at radius 2 is 1.93 bits per heavy atom. The number of methoxy groups -OCH3 is 1. The van der Waals surface area contributed by atoms with Gasteiger partial charge in [0.05, 0.1) is 13.0 Å². The second kappa shape index (κ2) is 3.22. The van der Waals surface area contributed by atoms with E-state index in [1.54, 1.807) is 18.2 Å². The Bertz CT molecular complexity index is 379. The van der Waals surface area contributed by atoms with Crippen LogP contribution in [0.15, 0.2) is 24.3 Å². The molecular weight excluding hydrogens is 245 g/mol. The van der Waals surface area contributed by atoms with Crippen LogP contribution in [-0.4, -0.2) is 17.4 Å². The zero-order valence-corrected chi connectivity index (χ0v) is 9.32. The SMILES string of the molecule is COc1cccc(C2C(F)(F)C2(Cl)Cl)c1. The van der Waals surface area contributed by atoms with Crippen molar-refractivity contribution < 1.29 is 13.5 Å². The third-order valence-electron chi connectivity index (χ3n) is 2.51. The van der Waals surface area contributed by atoms with Crippen LogP contribution in [0.2, 0.25) is 0 Å². The Balaban J connectivity index is 2.33. The van der Waals surface area contributed by atoms with Crippen molar-refractivity contribution in [1.82, 2.24) is 0 Å². The fraction of sp³-hybridized carbons (Fsp3) is 0.400. The summed E-state index contributed by atoms with van der Waals surface area (Å²) in [4.78, 5) is 0. The monoisotopic (exact) mass is 252 g/mol. The van der Waals surface area contributed by atoms with Crippen LogP contribution in [0.5, 0.6) is 5.75 Å². The van der Waals surface area contributed by atoms with Crippen LogP contribution < -0.4 is 4.74 Å². The van der Waals surface area contributed by atoms with Gasteiger partial charge in [-0.3, -0.25) is 0 Å². The summed E-state index contributed by atoms with van der Waals surface area (Å²) in [5, 5.41) is 0. The predicted molar refractivity (Wildman–Crippen MR) is 55.1 cm³/mol. The lowest BCUT2D eigenvalue weighted by atomic mass is 10.1. The maximum absolute atomic E-state index is 13.2. The van der Waals surface area contributed by atoms with E-state index in [2.05, 4.69) is 0 Å². The van der Waals surface area contributed by atoms with Crippen molar-refractivity contribution in [3.63, 3.8) is 0 Å². The molecule has 0 amide bonds. The summed E-state index contributed by atoms with van der Waals surface area (Å²) < 4.78 is 29.3. The van der Waals surface area contributed by atoms with Crippen LogP contribution in [0.1, 0.15) is 11.5 Å². The van der Waals surface area contributed by atoms with Gasteiger partial charge in [0.2, 0.25) is 0 Å². The van der Waals surface area contributed by atoms with Gasteiger partial charge in [0, 0.05) is 0 Å². The molecule has 1 aromatic rings. The van der Waals surface area contributed by atoms with Gasteiger partial charge in [-0.1, -0.05) is 35.3 Å². The summed E-state index contributed by atoms with van der Waals surface area (Å²) in [5.41, 5.74) is 0.393. The molecule has 1 aromatic carbocycles. The van der Waals surface area contributed by atoms with Crippen molar-refractivity contribution in [2.45, 2.75) is 16.2 Å². The molecule has 0 aliphatic heterocycles. The Morgan fingerprint density at radius 3 is 2.40 bits per heavy atom. The number of hydrogen-bond acceptors (Lipinski definition) is 1. The maximum Gasteiger partial charge on any atom is 0.291 e. The van der Waals surface area contributed by atoms with Crippen molar-refractivity contribution in [1.29, 1.82) is 0 Å². The van der Waals surface area contributed by atoms with Gasteiger partial charge >= 0.3 is 0 Å². The maximum atomic E-state index is 13.2. The van der Waals surface area contributed by atoms with E-state index in [-0.39, 0.29) is 0 Å². The van der Waals surface area contributed by atoms with Crippen LogP contribution in [-0.2, 0) is 0 Å². The van der Waals surface area contributed by atoms with Gasteiger partial charge in [-0.2, -0.15) is 0 Å². The molecular formula is C10H8Cl2F2O. The van der Waals surface area contributed by atoms with Crippen molar-refractivity contribution in [2.24, 2.45) is 0 Å². The molecule has 2 rings (SSSR count). The normalized spacial score (nSPS) is 26.1. The molecule has 1 fully saturated rings. The summed E-state index contributed by atoms with van der Waals surface area (Å²) in [6.07, 6.45) is 0. The highest BCUT2D eigenvalue weighted by molar-refractivity contribution is 6.52. The number of alkyl halides is 4. The average Bonchev–Trinajstić information content (AvgIpc) is 2.58. The Hall–Kier alpha value is -0.540. The van der Waals surface area contributed by atoms with Gasteiger partial charge in [0.1, 0.15) is 5.75 Å². The van der Waals surface area contributed by atoms with E-state index in [0.717, 1.165) is 0 Å². The molecule has 0 aromatic heterocycles. The molecule has 0 radical (unpaired) electrons. The van der Waals surface area contributed by atoms with E-state index in [4.69, 9.17) is 27.9 Å². The Labute approximate surface area is 95.9 Å². The zero-order valence-electron chi connectivity index (χ0n) is 7.81. The van der Waals surface area contributed by atoms with Crippen molar-refractivity contribution in [2.75, 3.05) is 7.11 Å². The lowest BCUT2D eigenvalue weighted by molar-refractivity contribution is 0.109. The highest BCUT2D eigenvalue weighted by atomic mass is 35.5. The minimum absolute atomic E-state index is 0.393. The molecule has 15 heavy (non-hydrogen) atoms. The Morgan fingerprint density at radius 1 is 1.33 bits per heavy atom. The van der Waals surface area contributed by atoms with E-state index < -0.39 is 16.2 Å². The third-order valence-corrected chi connectivity index (χ3v) is 3.45.